The summed E-state index contributed by atoms with van der Waals surface area (Å²) in [7, 11) is 0. The van der Waals surface area contributed by atoms with Crippen molar-refractivity contribution in [3.8, 4) is 0 Å². The summed E-state index contributed by atoms with van der Waals surface area (Å²) in [5, 5.41) is 21.2. The van der Waals surface area contributed by atoms with Crippen LogP contribution in [0, 0.1) is 5.92 Å². The van der Waals surface area contributed by atoms with Gasteiger partial charge in [-0.1, -0.05) is 0 Å². The van der Waals surface area contributed by atoms with Gasteiger partial charge in [0.05, 0.1) is 12.1 Å². The maximum absolute atomic E-state index is 12.3. The zero-order chi connectivity index (χ0) is 13.8. The van der Waals surface area contributed by atoms with Gasteiger partial charge in [-0.2, -0.15) is 0 Å². The fourth-order valence-electron chi connectivity index (χ4n) is 2.95. The first-order valence-corrected chi connectivity index (χ1v) is 6.98. The van der Waals surface area contributed by atoms with E-state index in [1.807, 2.05) is 4.90 Å². The van der Waals surface area contributed by atoms with Gasteiger partial charge >= 0.3 is 5.97 Å². The highest BCUT2D eigenvalue weighted by atomic mass is 16.4. The number of carboxylic acid groups (broad SMARTS) is 1. The molecule has 3 unspecified atom stereocenters. The van der Waals surface area contributed by atoms with Gasteiger partial charge in [-0.05, 0) is 31.6 Å². The molecule has 0 bridgehead atoms. The quantitative estimate of drug-likeness (QED) is 0.659. The normalized spacial score (nSPS) is 31.4. The number of aliphatic carboxylic acids is 1. The average Bonchev–Trinajstić information content (AvgIpc) is 2.82. The van der Waals surface area contributed by atoms with Crippen molar-refractivity contribution in [3.05, 3.63) is 0 Å². The Bertz CT molecular complexity index is 348. The summed E-state index contributed by atoms with van der Waals surface area (Å²) >= 11 is 0. The maximum atomic E-state index is 12.3. The number of hydrogen-bond acceptors (Lipinski definition) is 4. The number of hydrogen-bond donors (Lipinski definition) is 3. The van der Waals surface area contributed by atoms with E-state index in [1.54, 1.807) is 0 Å². The number of nitrogens with zero attached hydrogens (tertiary/aromatic N) is 1. The molecule has 0 aromatic rings. The van der Waals surface area contributed by atoms with E-state index in [0.29, 0.717) is 31.8 Å². The van der Waals surface area contributed by atoms with Crippen molar-refractivity contribution in [2.45, 2.75) is 44.2 Å². The SMILES string of the molecule is O=C(O)CCC1CCCN(C(=O)C2CC(O)CN2)C1. The lowest BCUT2D eigenvalue weighted by Crippen LogP contribution is -2.47. The summed E-state index contributed by atoms with van der Waals surface area (Å²) in [5.74, 6) is -0.430. The highest BCUT2D eigenvalue weighted by molar-refractivity contribution is 5.82. The van der Waals surface area contributed by atoms with Crippen LogP contribution in [0.3, 0.4) is 0 Å². The number of carboxylic acids is 1. The number of piperidine rings is 1. The van der Waals surface area contributed by atoms with Gasteiger partial charge in [0.15, 0.2) is 0 Å². The molecule has 2 aliphatic rings. The van der Waals surface area contributed by atoms with Crippen molar-refractivity contribution >= 4 is 11.9 Å². The van der Waals surface area contributed by atoms with Gasteiger partial charge in [-0.15, -0.1) is 0 Å². The Morgan fingerprint density at radius 1 is 1.37 bits per heavy atom. The summed E-state index contributed by atoms with van der Waals surface area (Å²) in [6, 6.07) is -0.270. The first kappa shape index (κ1) is 14.3. The van der Waals surface area contributed by atoms with Crippen LogP contribution in [0.25, 0.3) is 0 Å². The minimum Gasteiger partial charge on any atom is -0.481 e. The van der Waals surface area contributed by atoms with Gasteiger partial charge in [0.1, 0.15) is 0 Å². The minimum absolute atomic E-state index is 0.0524. The molecule has 0 aromatic heterocycles. The van der Waals surface area contributed by atoms with Crippen LogP contribution in [0.4, 0.5) is 0 Å². The highest BCUT2D eigenvalue weighted by Crippen LogP contribution is 2.22. The van der Waals surface area contributed by atoms with Crippen LogP contribution < -0.4 is 5.32 Å². The van der Waals surface area contributed by atoms with Gasteiger partial charge in [0.25, 0.3) is 0 Å². The number of nitrogens with one attached hydrogen (secondary N) is 1. The molecule has 2 rings (SSSR count). The average molecular weight is 270 g/mol. The third-order valence-corrected chi connectivity index (χ3v) is 4.00. The number of aliphatic hydroxyl groups is 1. The molecule has 0 aromatic carbocycles. The van der Waals surface area contributed by atoms with Crippen LogP contribution in [0.2, 0.25) is 0 Å². The molecule has 3 atom stereocenters. The van der Waals surface area contributed by atoms with E-state index in [-0.39, 0.29) is 18.4 Å². The molecule has 6 heteroatoms. The fourth-order valence-corrected chi connectivity index (χ4v) is 2.95. The molecular formula is C13H22N2O4. The van der Waals surface area contributed by atoms with Crippen molar-refractivity contribution in [1.29, 1.82) is 0 Å². The van der Waals surface area contributed by atoms with Gasteiger partial charge in [0, 0.05) is 26.1 Å². The smallest absolute Gasteiger partial charge is 0.303 e. The number of β-amino-alcohol motifs (C(OH)–C–C–N with tert-alkyl or cyclic N) is 1. The molecular weight excluding hydrogens is 248 g/mol. The molecule has 0 radical (unpaired) electrons. The number of carbonyl (C=O) groups is 2. The largest absolute Gasteiger partial charge is 0.481 e. The first-order valence-electron chi connectivity index (χ1n) is 6.98. The molecule has 2 heterocycles. The Labute approximate surface area is 112 Å². The summed E-state index contributed by atoms with van der Waals surface area (Å²) in [4.78, 5) is 24.7. The monoisotopic (exact) mass is 270 g/mol. The van der Waals surface area contributed by atoms with Crippen molar-refractivity contribution < 1.29 is 19.8 Å². The third kappa shape index (κ3) is 3.91. The molecule has 2 saturated heterocycles. The lowest BCUT2D eigenvalue weighted by molar-refractivity contribution is -0.137. The molecule has 2 fully saturated rings. The van der Waals surface area contributed by atoms with Crippen LogP contribution in [0.5, 0.6) is 0 Å². The summed E-state index contributed by atoms with van der Waals surface area (Å²) in [6.07, 6.45) is 2.80. The Hall–Kier alpha value is -1.14. The van der Waals surface area contributed by atoms with Gasteiger partial charge in [-0.25, -0.2) is 0 Å². The lowest BCUT2D eigenvalue weighted by Gasteiger charge is -2.34. The number of likely N-dealkylation sites (tertiary alicyclic amines) is 1. The third-order valence-electron chi connectivity index (χ3n) is 4.00. The zero-order valence-electron chi connectivity index (χ0n) is 11.0. The molecule has 0 spiro atoms. The molecule has 1 amide bonds. The van der Waals surface area contributed by atoms with Gasteiger partial charge < -0.3 is 20.4 Å². The van der Waals surface area contributed by atoms with Gasteiger partial charge in [0.2, 0.25) is 5.91 Å². The van der Waals surface area contributed by atoms with Crippen LogP contribution in [0.1, 0.15) is 32.1 Å². The fraction of sp³-hybridized carbons (Fsp3) is 0.846. The minimum atomic E-state index is -0.774. The lowest BCUT2D eigenvalue weighted by atomic mass is 9.93. The molecule has 3 N–H and O–H groups in total. The van der Waals surface area contributed by atoms with Crippen LogP contribution >= 0.6 is 0 Å². The molecule has 2 aliphatic heterocycles. The summed E-state index contributed by atoms with van der Waals surface area (Å²) in [6.45, 7) is 1.88. The zero-order valence-corrected chi connectivity index (χ0v) is 11.0. The van der Waals surface area contributed by atoms with E-state index in [0.717, 1.165) is 19.4 Å². The maximum Gasteiger partial charge on any atom is 0.303 e. The number of rotatable bonds is 4. The standard InChI is InChI=1S/C13H22N2O4/c16-10-6-11(14-7-10)13(19)15-5-1-2-9(8-15)3-4-12(17)18/h9-11,14,16H,1-8H2,(H,17,18). The molecule has 0 aliphatic carbocycles. The second-order valence-electron chi connectivity index (χ2n) is 5.58. The number of carbonyl (C=O) groups excluding carboxylic acids is 1. The summed E-state index contributed by atoms with van der Waals surface area (Å²) < 4.78 is 0. The van der Waals surface area contributed by atoms with Crippen molar-refractivity contribution in [2.24, 2.45) is 5.92 Å². The van der Waals surface area contributed by atoms with Crippen molar-refractivity contribution in [3.63, 3.8) is 0 Å². The van der Waals surface area contributed by atoms with Crippen molar-refractivity contribution in [1.82, 2.24) is 10.2 Å². The number of aliphatic hydroxyl groups excluding tert-OH is 1. The number of amides is 1. The topological polar surface area (TPSA) is 89.9 Å². The van der Waals surface area contributed by atoms with E-state index in [1.165, 1.54) is 0 Å². The predicted molar refractivity (Wildman–Crippen MR) is 68.6 cm³/mol. The Kier molecular flexibility index (Phi) is 4.76. The Morgan fingerprint density at radius 3 is 2.79 bits per heavy atom. The second-order valence-corrected chi connectivity index (χ2v) is 5.58. The van der Waals surface area contributed by atoms with E-state index < -0.39 is 12.1 Å². The summed E-state index contributed by atoms with van der Waals surface area (Å²) in [5.41, 5.74) is 0. The van der Waals surface area contributed by atoms with Crippen LogP contribution in [-0.2, 0) is 9.59 Å². The molecule has 0 saturated carbocycles. The predicted octanol–water partition coefficient (Wildman–Crippen LogP) is -0.187. The van der Waals surface area contributed by atoms with Crippen LogP contribution in [0.15, 0.2) is 0 Å². The molecule has 6 nitrogen and oxygen atoms in total. The first-order chi connectivity index (χ1) is 9.06. The van der Waals surface area contributed by atoms with Crippen LogP contribution in [-0.4, -0.2) is 58.8 Å². The highest BCUT2D eigenvalue weighted by Gasteiger charge is 2.33. The molecule has 108 valence electrons. The molecule has 19 heavy (non-hydrogen) atoms. The Morgan fingerprint density at radius 2 is 2.16 bits per heavy atom. The van der Waals surface area contributed by atoms with Crippen molar-refractivity contribution in [2.75, 3.05) is 19.6 Å². The van der Waals surface area contributed by atoms with E-state index >= 15 is 0 Å². The van der Waals surface area contributed by atoms with E-state index in [2.05, 4.69) is 5.32 Å². The second kappa shape index (κ2) is 6.34. The Balaban J connectivity index is 1.83. The van der Waals surface area contributed by atoms with E-state index in [4.69, 9.17) is 5.11 Å². The van der Waals surface area contributed by atoms with E-state index in [9.17, 15) is 14.7 Å². The van der Waals surface area contributed by atoms with Gasteiger partial charge in [-0.3, -0.25) is 9.59 Å².